The number of halogens is 1. The molecule has 4 aromatic rings. The van der Waals surface area contributed by atoms with Crippen LogP contribution in [0.25, 0.3) is 5.13 Å². The van der Waals surface area contributed by atoms with E-state index in [0.29, 0.717) is 27.3 Å². The van der Waals surface area contributed by atoms with Crippen LogP contribution in [-0.4, -0.2) is 35.9 Å². The summed E-state index contributed by atoms with van der Waals surface area (Å²) in [6.07, 6.45) is 1.76. The number of carbonyl (C=O) groups excluding carboxylic acids is 1. The molecule has 0 saturated carbocycles. The molecule has 0 saturated heterocycles. The zero-order valence-electron chi connectivity index (χ0n) is 17.2. The van der Waals surface area contributed by atoms with Crippen LogP contribution in [0.2, 0.25) is 5.02 Å². The van der Waals surface area contributed by atoms with Crippen LogP contribution in [-0.2, 0) is 13.7 Å². The second-order valence-corrected chi connectivity index (χ2v) is 9.05. The van der Waals surface area contributed by atoms with Gasteiger partial charge in [0.15, 0.2) is 21.9 Å². The SMILES string of the molecule is Cc1cc(C(=O)CSc2nnc(COc3ccccc3Cl)n2C)c(C)n1-c1nccs1. The number of rotatable bonds is 8. The van der Waals surface area contributed by atoms with Crippen molar-refractivity contribution >= 4 is 40.5 Å². The molecular formula is C21H20ClN5O2S2. The highest BCUT2D eigenvalue weighted by Crippen LogP contribution is 2.26. The zero-order chi connectivity index (χ0) is 22.0. The number of nitrogens with zero attached hydrogens (tertiary/aromatic N) is 5. The van der Waals surface area contributed by atoms with Gasteiger partial charge in [-0.15, -0.1) is 21.5 Å². The van der Waals surface area contributed by atoms with Crippen LogP contribution in [0.5, 0.6) is 5.75 Å². The van der Waals surface area contributed by atoms with Crippen LogP contribution in [0.1, 0.15) is 27.6 Å². The minimum Gasteiger partial charge on any atom is -0.484 e. The molecule has 3 heterocycles. The number of para-hydroxylation sites is 1. The predicted octanol–water partition coefficient (Wildman–Crippen LogP) is 4.89. The van der Waals surface area contributed by atoms with Crippen molar-refractivity contribution < 1.29 is 9.53 Å². The molecule has 0 spiro atoms. The van der Waals surface area contributed by atoms with Gasteiger partial charge in [0.1, 0.15) is 12.4 Å². The molecule has 0 N–H and O–H groups in total. The van der Waals surface area contributed by atoms with Gasteiger partial charge in [0.25, 0.3) is 0 Å². The third-order valence-electron chi connectivity index (χ3n) is 4.79. The predicted molar refractivity (Wildman–Crippen MR) is 123 cm³/mol. The number of aromatic nitrogens is 5. The van der Waals surface area contributed by atoms with Crippen LogP contribution in [0.4, 0.5) is 0 Å². The summed E-state index contributed by atoms with van der Waals surface area (Å²) in [5, 5.41) is 12.4. The van der Waals surface area contributed by atoms with Crippen LogP contribution in [0, 0.1) is 13.8 Å². The average molecular weight is 474 g/mol. The third kappa shape index (κ3) is 4.53. The van der Waals surface area contributed by atoms with Gasteiger partial charge in [-0.25, -0.2) is 4.98 Å². The van der Waals surface area contributed by atoms with E-state index in [0.717, 1.165) is 16.5 Å². The quantitative estimate of drug-likeness (QED) is 0.268. The van der Waals surface area contributed by atoms with Crippen molar-refractivity contribution in [3.63, 3.8) is 0 Å². The largest absolute Gasteiger partial charge is 0.484 e. The minimum absolute atomic E-state index is 0.0396. The second kappa shape index (κ2) is 9.25. The topological polar surface area (TPSA) is 74.8 Å². The Hall–Kier alpha value is -2.62. The maximum Gasteiger partial charge on any atom is 0.193 e. The highest BCUT2D eigenvalue weighted by Gasteiger charge is 2.19. The molecule has 0 atom stereocenters. The third-order valence-corrected chi connectivity index (χ3v) is 6.88. The molecule has 0 bridgehead atoms. The molecule has 0 aliphatic heterocycles. The number of ether oxygens (including phenoxy) is 1. The summed E-state index contributed by atoms with van der Waals surface area (Å²) in [6.45, 7) is 4.15. The lowest BCUT2D eigenvalue weighted by molar-refractivity contribution is 0.102. The molecule has 7 nitrogen and oxygen atoms in total. The van der Waals surface area contributed by atoms with E-state index in [2.05, 4.69) is 15.2 Å². The number of carbonyl (C=O) groups is 1. The number of Topliss-reactive ketones (excluding diaryl/α,β-unsaturated/α-hetero) is 1. The van der Waals surface area contributed by atoms with Gasteiger partial charge in [-0.1, -0.05) is 35.5 Å². The Labute approximate surface area is 193 Å². The molecule has 10 heteroatoms. The standard InChI is InChI=1S/C21H20ClN5O2S2/c1-13-10-15(14(2)27(13)20-23-8-9-30-20)17(28)12-31-21-25-24-19(26(21)3)11-29-18-7-5-4-6-16(18)22/h4-10H,11-12H2,1-3H3. The monoisotopic (exact) mass is 473 g/mol. The molecule has 31 heavy (non-hydrogen) atoms. The van der Waals surface area contributed by atoms with E-state index in [1.165, 1.54) is 11.8 Å². The number of hydrogen-bond donors (Lipinski definition) is 0. The van der Waals surface area contributed by atoms with Crippen molar-refractivity contribution in [2.24, 2.45) is 7.05 Å². The Kier molecular flexibility index (Phi) is 6.45. The highest BCUT2D eigenvalue weighted by molar-refractivity contribution is 7.99. The highest BCUT2D eigenvalue weighted by atomic mass is 35.5. The van der Waals surface area contributed by atoms with E-state index in [9.17, 15) is 4.79 Å². The smallest absolute Gasteiger partial charge is 0.193 e. The van der Waals surface area contributed by atoms with Crippen molar-refractivity contribution in [1.82, 2.24) is 24.3 Å². The number of aryl methyl sites for hydroxylation is 1. The summed E-state index contributed by atoms with van der Waals surface area (Å²) in [4.78, 5) is 17.2. The van der Waals surface area contributed by atoms with E-state index in [4.69, 9.17) is 16.3 Å². The fourth-order valence-electron chi connectivity index (χ4n) is 3.17. The molecule has 0 amide bonds. The molecule has 4 rings (SSSR count). The van der Waals surface area contributed by atoms with Crippen molar-refractivity contribution in [1.29, 1.82) is 0 Å². The lowest BCUT2D eigenvalue weighted by Crippen LogP contribution is -2.07. The van der Waals surface area contributed by atoms with E-state index >= 15 is 0 Å². The van der Waals surface area contributed by atoms with Crippen LogP contribution < -0.4 is 4.74 Å². The number of ketones is 1. The summed E-state index contributed by atoms with van der Waals surface area (Å²) < 4.78 is 9.58. The maximum atomic E-state index is 12.9. The van der Waals surface area contributed by atoms with Gasteiger partial charge in [-0.05, 0) is 32.0 Å². The molecule has 3 aromatic heterocycles. The second-order valence-electron chi connectivity index (χ2n) is 6.82. The Morgan fingerprint density at radius 3 is 2.81 bits per heavy atom. The summed E-state index contributed by atoms with van der Waals surface area (Å²) in [5.41, 5.74) is 2.58. The molecular weight excluding hydrogens is 454 g/mol. The van der Waals surface area contributed by atoms with Gasteiger partial charge in [-0.3, -0.25) is 9.36 Å². The van der Waals surface area contributed by atoms with Crippen molar-refractivity contribution in [2.45, 2.75) is 25.6 Å². The van der Waals surface area contributed by atoms with Gasteiger partial charge in [0.2, 0.25) is 0 Å². The van der Waals surface area contributed by atoms with Gasteiger partial charge in [-0.2, -0.15) is 0 Å². The lowest BCUT2D eigenvalue weighted by atomic mass is 10.2. The van der Waals surface area contributed by atoms with Gasteiger partial charge in [0.05, 0.1) is 10.8 Å². The number of thioether (sulfide) groups is 1. The van der Waals surface area contributed by atoms with Gasteiger partial charge in [0, 0.05) is 35.6 Å². The maximum absolute atomic E-state index is 12.9. The van der Waals surface area contributed by atoms with Gasteiger partial charge < -0.3 is 9.30 Å². The van der Waals surface area contributed by atoms with E-state index < -0.39 is 0 Å². The Balaban J connectivity index is 1.42. The van der Waals surface area contributed by atoms with Crippen LogP contribution >= 0.6 is 34.7 Å². The zero-order valence-corrected chi connectivity index (χ0v) is 19.6. The summed E-state index contributed by atoms with van der Waals surface area (Å²) >= 11 is 9.02. The van der Waals surface area contributed by atoms with E-state index in [1.54, 1.807) is 29.7 Å². The van der Waals surface area contributed by atoms with Crippen molar-refractivity contribution in [3.8, 4) is 10.9 Å². The minimum atomic E-state index is 0.0396. The normalized spacial score (nSPS) is 11.1. The van der Waals surface area contributed by atoms with Crippen LogP contribution in [0.15, 0.2) is 47.1 Å². The Morgan fingerprint density at radius 2 is 2.06 bits per heavy atom. The van der Waals surface area contributed by atoms with Crippen molar-refractivity contribution in [2.75, 3.05) is 5.75 Å². The first-order valence-electron chi connectivity index (χ1n) is 9.46. The first-order valence-corrected chi connectivity index (χ1v) is 11.7. The molecule has 160 valence electrons. The number of benzene rings is 1. The summed E-state index contributed by atoms with van der Waals surface area (Å²) in [6, 6.07) is 9.19. The molecule has 0 unspecified atom stereocenters. The van der Waals surface area contributed by atoms with Crippen molar-refractivity contribution in [3.05, 3.63) is 69.7 Å². The molecule has 0 fully saturated rings. The molecule has 1 aromatic carbocycles. The summed E-state index contributed by atoms with van der Waals surface area (Å²) in [7, 11) is 1.85. The van der Waals surface area contributed by atoms with E-state index in [-0.39, 0.29) is 18.1 Å². The first kappa shape index (κ1) is 21.6. The molecule has 0 radical (unpaired) electrons. The fraction of sp³-hybridized carbons (Fsp3) is 0.238. The number of thiazole rings is 1. The molecule has 0 aliphatic rings. The summed E-state index contributed by atoms with van der Waals surface area (Å²) in [5.74, 6) is 1.54. The Morgan fingerprint density at radius 1 is 1.26 bits per heavy atom. The lowest BCUT2D eigenvalue weighted by Gasteiger charge is -2.08. The van der Waals surface area contributed by atoms with Crippen LogP contribution in [0.3, 0.4) is 0 Å². The molecule has 0 aliphatic carbocycles. The van der Waals surface area contributed by atoms with E-state index in [1.807, 2.05) is 53.6 Å². The fourth-order valence-corrected chi connectivity index (χ4v) is 4.93. The first-order chi connectivity index (χ1) is 15.0. The average Bonchev–Trinajstić information content (AvgIpc) is 3.46. The van der Waals surface area contributed by atoms with Gasteiger partial charge >= 0.3 is 0 Å². The Bertz CT molecular complexity index is 1220. The number of hydrogen-bond acceptors (Lipinski definition) is 7.